The van der Waals surface area contributed by atoms with Crippen molar-refractivity contribution < 1.29 is 0 Å². The molecule has 0 atom stereocenters. The summed E-state index contributed by atoms with van der Waals surface area (Å²) in [7, 11) is 0. The summed E-state index contributed by atoms with van der Waals surface area (Å²) in [5.41, 5.74) is 3.97. The summed E-state index contributed by atoms with van der Waals surface area (Å²) in [6.45, 7) is 4.05. The molecule has 2 aromatic heterocycles. The first kappa shape index (κ1) is 12.7. The Hall–Kier alpha value is -2.27. The van der Waals surface area contributed by atoms with Gasteiger partial charge in [0.2, 0.25) is 0 Å². The standard InChI is InChI=1S/C15H14N4S/c1-10-3-5-12(6-4-10)19-15-7-13(16-9-17-15)14-8-20-11(2)18-14/h3-9H,1-2H3,(H,16,17,19). The molecule has 0 radical (unpaired) electrons. The number of aryl methyl sites for hydroxylation is 2. The van der Waals surface area contributed by atoms with Crippen LogP contribution in [0.3, 0.4) is 0 Å². The highest BCUT2D eigenvalue weighted by Crippen LogP contribution is 2.22. The van der Waals surface area contributed by atoms with E-state index in [4.69, 9.17) is 0 Å². The molecule has 0 spiro atoms. The third-order valence-corrected chi connectivity index (χ3v) is 3.65. The molecule has 20 heavy (non-hydrogen) atoms. The maximum absolute atomic E-state index is 4.44. The number of nitrogens with one attached hydrogen (secondary N) is 1. The molecule has 0 aliphatic carbocycles. The molecular weight excluding hydrogens is 268 g/mol. The summed E-state index contributed by atoms with van der Waals surface area (Å²) in [6.07, 6.45) is 1.56. The number of thiazole rings is 1. The molecule has 4 nitrogen and oxygen atoms in total. The third kappa shape index (κ3) is 2.83. The Bertz CT molecular complexity index is 719. The molecular formula is C15H14N4S. The van der Waals surface area contributed by atoms with Gasteiger partial charge in [-0.15, -0.1) is 11.3 Å². The number of nitrogens with zero attached hydrogens (tertiary/aromatic N) is 3. The van der Waals surface area contributed by atoms with Crippen LogP contribution in [0.4, 0.5) is 11.5 Å². The number of hydrogen-bond acceptors (Lipinski definition) is 5. The van der Waals surface area contributed by atoms with Crippen molar-refractivity contribution >= 4 is 22.8 Å². The van der Waals surface area contributed by atoms with Gasteiger partial charge in [-0.05, 0) is 26.0 Å². The van der Waals surface area contributed by atoms with Gasteiger partial charge < -0.3 is 5.32 Å². The van der Waals surface area contributed by atoms with Crippen LogP contribution < -0.4 is 5.32 Å². The van der Waals surface area contributed by atoms with Gasteiger partial charge >= 0.3 is 0 Å². The van der Waals surface area contributed by atoms with E-state index in [1.807, 2.05) is 30.5 Å². The van der Waals surface area contributed by atoms with Crippen LogP contribution in [0.15, 0.2) is 42.0 Å². The van der Waals surface area contributed by atoms with Crippen molar-refractivity contribution in [2.75, 3.05) is 5.32 Å². The quantitative estimate of drug-likeness (QED) is 0.790. The van der Waals surface area contributed by atoms with Gasteiger partial charge in [0.1, 0.15) is 17.8 Å². The molecule has 5 heteroatoms. The van der Waals surface area contributed by atoms with Gasteiger partial charge in [0, 0.05) is 17.1 Å². The Labute approximate surface area is 121 Å². The number of benzene rings is 1. The summed E-state index contributed by atoms with van der Waals surface area (Å²) in [5, 5.41) is 6.31. The number of aromatic nitrogens is 3. The monoisotopic (exact) mass is 282 g/mol. The molecule has 2 heterocycles. The van der Waals surface area contributed by atoms with Crippen molar-refractivity contribution in [3.05, 3.63) is 52.6 Å². The second kappa shape index (κ2) is 5.38. The molecule has 100 valence electrons. The summed E-state index contributed by atoms with van der Waals surface area (Å²) >= 11 is 1.62. The Morgan fingerprint density at radius 3 is 2.50 bits per heavy atom. The Balaban J connectivity index is 1.86. The van der Waals surface area contributed by atoms with Gasteiger partial charge in [-0.1, -0.05) is 17.7 Å². The SMILES string of the molecule is Cc1ccc(Nc2cc(-c3csc(C)n3)ncn2)cc1. The number of anilines is 2. The molecule has 0 fully saturated rings. The first-order valence-electron chi connectivity index (χ1n) is 6.29. The van der Waals surface area contributed by atoms with Crippen LogP contribution in [0.2, 0.25) is 0 Å². The Morgan fingerprint density at radius 1 is 1.00 bits per heavy atom. The molecule has 0 bridgehead atoms. The zero-order chi connectivity index (χ0) is 13.9. The van der Waals surface area contributed by atoms with Crippen LogP contribution in [0.1, 0.15) is 10.6 Å². The minimum Gasteiger partial charge on any atom is -0.340 e. The molecule has 3 rings (SSSR count). The maximum Gasteiger partial charge on any atom is 0.134 e. The maximum atomic E-state index is 4.44. The van der Waals surface area contributed by atoms with E-state index in [0.29, 0.717) is 0 Å². The Kier molecular flexibility index (Phi) is 3.43. The van der Waals surface area contributed by atoms with Crippen LogP contribution in [0, 0.1) is 13.8 Å². The average molecular weight is 282 g/mol. The highest BCUT2D eigenvalue weighted by molar-refractivity contribution is 7.09. The normalized spacial score (nSPS) is 10.5. The zero-order valence-electron chi connectivity index (χ0n) is 11.3. The van der Waals surface area contributed by atoms with E-state index in [2.05, 4.69) is 39.3 Å². The summed E-state index contributed by atoms with van der Waals surface area (Å²) in [6, 6.07) is 10.1. The summed E-state index contributed by atoms with van der Waals surface area (Å²) in [5.74, 6) is 0.768. The fourth-order valence-electron chi connectivity index (χ4n) is 1.83. The third-order valence-electron chi connectivity index (χ3n) is 2.87. The van der Waals surface area contributed by atoms with Gasteiger partial charge in [0.15, 0.2) is 0 Å². The smallest absolute Gasteiger partial charge is 0.134 e. The fourth-order valence-corrected chi connectivity index (χ4v) is 2.44. The van der Waals surface area contributed by atoms with Crippen LogP contribution in [0.5, 0.6) is 0 Å². The van der Waals surface area contributed by atoms with Gasteiger partial charge in [-0.3, -0.25) is 0 Å². The van der Waals surface area contributed by atoms with Crippen LogP contribution in [-0.2, 0) is 0 Å². The number of hydrogen-bond donors (Lipinski definition) is 1. The van der Waals surface area contributed by atoms with E-state index < -0.39 is 0 Å². The second-order valence-corrected chi connectivity index (χ2v) is 5.59. The van der Waals surface area contributed by atoms with Crippen LogP contribution >= 0.6 is 11.3 Å². The van der Waals surface area contributed by atoms with E-state index in [-0.39, 0.29) is 0 Å². The van der Waals surface area contributed by atoms with Gasteiger partial charge in [0.25, 0.3) is 0 Å². The Morgan fingerprint density at radius 2 is 1.80 bits per heavy atom. The topological polar surface area (TPSA) is 50.7 Å². The average Bonchev–Trinajstić information content (AvgIpc) is 2.89. The highest BCUT2D eigenvalue weighted by atomic mass is 32.1. The van der Waals surface area contributed by atoms with E-state index in [0.717, 1.165) is 27.9 Å². The van der Waals surface area contributed by atoms with E-state index in [1.165, 1.54) is 5.56 Å². The molecule has 0 unspecified atom stereocenters. The summed E-state index contributed by atoms with van der Waals surface area (Å²) < 4.78 is 0. The van der Waals surface area contributed by atoms with Crippen molar-refractivity contribution in [2.24, 2.45) is 0 Å². The van der Waals surface area contributed by atoms with Crippen molar-refractivity contribution in [3.63, 3.8) is 0 Å². The molecule has 0 saturated carbocycles. The van der Waals surface area contributed by atoms with Crippen molar-refractivity contribution in [1.82, 2.24) is 15.0 Å². The fraction of sp³-hybridized carbons (Fsp3) is 0.133. The lowest BCUT2D eigenvalue weighted by atomic mass is 10.2. The lowest BCUT2D eigenvalue weighted by Gasteiger charge is -2.06. The first-order valence-corrected chi connectivity index (χ1v) is 7.17. The molecule has 0 aliphatic heterocycles. The summed E-state index contributed by atoms with van der Waals surface area (Å²) in [4.78, 5) is 13.0. The van der Waals surface area contributed by atoms with Crippen LogP contribution in [0.25, 0.3) is 11.4 Å². The molecule has 1 N–H and O–H groups in total. The predicted molar refractivity (Wildman–Crippen MR) is 82.3 cm³/mol. The lowest BCUT2D eigenvalue weighted by Crippen LogP contribution is -1.95. The molecule has 0 saturated heterocycles. The minimum absolute atomic E-state index is 0.768. The predicted octanol–water partition coefficient (Wildman–Crippen LogP) is 3.96. The largest absolute Gasteiger partial charge is 0.340 e. The van der Waals surface area contributed by atoms with E-state index in [1.54, 1.807) is 17.7 Å². The van der Waals surface area contributed by atoms with Crippen molar-refractivity contribution in [2.45, 2.75) is 13.8 Å². The molecule has 1 aromatic carbocycles. The molecule has 0 amide bonds. The van der Waals surface area contributed by atoms with E-state index >= 15 is 0 Å². The highest BCUT2D eigenvalue weighted by Gasteiger charge is 2.05. The molecule has 3 aromatic rings. The van der Waals surface area contributed by atoms with E-state index in [9.17, 15) is 0 Å². The van der Waals surface area contributed by atoms with Crippen molar-refractivity contribution in [1.29, 1.82) is 0 Å². The molecule has 0 aliphatic rings. The number of rotatable bonds is 3. The lowest BCUT2D eigenvalue weighted by molar-refractivity contribution is 1.15. The first-order chi connectivity index (χ1) is 9.70. The zero-order valence-corrected chi connectivity index (χ0v) is 12.1. The van der Waals surface area contributed by atoms with Crippen LogP contribution in [-0.4, -0.2) is 15.0 Å². The van der Waals surface area contributed by atoms with Gasteiger partial charge in [0.05, 0.1) is 10.7 Å². The van der Waals surface area contributed by atoms with Crippen molar-refractivity contribution in [3.8, 4) is 11.4 Å². The second-order valence-electron chi connectivity index (χ2n) is 4.53. The van der Waals surface area contributed by atoms with Gasteiger partial charge in [-0.25, -0.2) is 15.0 Å². The van der Waals surface area contributed by atoms with Gasteiger partial charge in [-0.2, -0.15) is 0 Å². The minimum atomic E-state index is 0.768.